The summed E-state index contributed by atoms with van der Waals surface area (Å²) in [6.07, 6.45) is 3.70. The van der Waals surface area contributed by atoms with Gasteiger partial charge in [0, 0.05) is 12.5 Å². The Balaban J connectivity index is 2.57. The lowest BCUT2D eigenvalue weighted by Crippen LogP contribution is -2.24. The van der Waals surface area contributed by atoms with Gasteiger partial charge >= 0.3 is 0 Å². The number of Topliss-reactive ketones (excluding diaryl/α,β-unsaturated/α-hetero) is 1. The molecule has 0 atom stereocenters. The van der Waals surface area contributed by atoms with Gasteiger partial charge in [-0.15, -0.1) is 0 Å². The zero-order valence-corrected chi connectivity index (χ0v) is 8.09. The van der Waals surface area contributed by atoms with E-state index in [1.165, 1.54) is 6.92 Å². The minimum absolute atomic E-state index is 0.139. The van der Waals surface area contributed by atoms with Gasteiger partial charge in [-0.3, -0.25) is 9.59 Å². The van der Waals surface area contributed by atoms with E-state index in [2.05, 4.69) is 9.97 Å². The van der Waals surface area contributed by atoms with E-state index in [0.717, 1.165) is 36.9 Å². The number of nitrogens with zero attached hydrogens (tertiary/aromatic N) is 1. The van der Waals surface area contributed by atoms with E-state index >= 15 is 0 Å². The lowest BCUT2D eigenvalue weighted by Gasteiger charge is -2.13. The molecule has 0 saturated carbocycles. The monoisotopic (exact) mass is 192 g/mol. The quantitative estimate of drug-likeness (QED) is 0.671. The second-order valence-electron chi connectivity index (χ2n) is 3.60. The number of ketones is 1. The third-order valence-electron chi connectivity index (χ3n) is 2.52. The van der Waals surface area contributed by atoms with E-state index in [4.69, 9.17) is 0 Å². The van der Waals surface area contributed by atoms with Crippen LogP contribution in [0.3, 0.4) is 0 Å². The average Bonchev–Trinajstić information content (AvgIpc) is 2.17. The number of carbonyl (C=O) groups is 1. The molecule has 14 heavy (non-hydrogen) atoms. The molecule has 1 aliphatic carbocycles. The number of aromatic nitrogens is 2. The molecule has 0 unspecified atom stereocenters. The summed E-state index contributed by atoms with van der Waals surface area (Å²) in [6, 6.07) is 0. The van der Waals surface area contributed by atoms with Crippen LogP contribution in [0.2, 0.25) is 0 Å². The third kappa shape index (κ3) is 1.47. The highest BCUT2D eigenvalue weighted by Gasteiger charge is 2.16. The highest BCUT2D eigenvalue weighted by Crippen LogP contribution is 2.15. The Morgan fingerprint density at radius 2 is 2.07 bits per heavy atom. The number of H-pyrrole nitrogens is 1. The summed E-state index contributed by atoms with van der Waals surface area (Å²) in [5.74, 6) is 0.00567. The maximum atomic E-state index is 11.5. The summed E-state index contributed by atoms with van der Waals surface area (Å²) >= 11 is 0. The zero-order valence-electron chi connectivity index (χ0n) is 8.09. The van der Waals surface area contributed by atoms with Gasteiger partial charge in [0.2, 0.25) is 0 Å². The second kappa shape index (κ2) is 3.36. The molecule has 0 amide bonds. The molecule has 1 heterocycles. The van der Waals surface area contributed by atoms with Crippen LogP contribution in [0.1, 0.15) is 41.6 Å². The third-order valence-corrected chi connectivity index (χ3v) is 2.52. The van der Waals surface area contributed by atoms with Crippen molar-refractivity contribution in [3.63, 3.8) is 0 Å². The number of nitrogens with one attached hydrogen (secondary N) is 1. The van der Waals surface area contributed by atoms with Crippen molar-refractivity contribution in [1.29, 1.82) is 0 Å². The Labute approximate surface area is 81.4 Å². The minimum Gasteiger partial charge on any atom is -0.304 e. The molecule has 0 aliphatic heterocycles. The fourth-order valence-corrected chi connectivity index (χ4v) is 1.77. The van der Waals surface area contributed by atoms with Crippen molar-refractivity contribution < 1.29 is 4.79 Å². The van der Waals surface area contributed by atoms with E-state index < -0.39 is 0 Å². The Hall–Kier alpha value is -1.45. The van der Waals surface area contributed by atoms with Crippen molar-refractivity contribution in [2.24, 2.45) is 0 Å². The Bertz CT molecular complexity index is 434. The summed E-state index contributed by atoms with van der Waals surface area (Å²) in [5.41, 5.74) is 1.44. The molecule has 4 heteroatoms. The van der Waals surface area contributed by atoms with Crippen LogP contribution in [-0.2, 0) is 12.8 Å². The first-order valence-electron chi connectivity index (χ1n) is 4.81. The van der Waals surface area contributed by atoms with Gasteiger partial charge in [0.15, 0.2) is 11.6 Å². The van der Waals surface area contributed by atoms with Gasteiger partial charge < -0.3 is 4.98 Å². The molecule has 1 aromatic heterocycles. The first-order chi connectivity index (χ1) is 6.68. The van der Waals surface area contributed by atoms with Gasteiger partial charge in [-0.05, 0) is 25.7 Å². The van der Waals surface area contributed by atoms with Crippen LogP contribution in [0, 0.1) is 0 Å². The molecule has 0 bridgehead atoms. The molecule has 1 aliphatic rings. The van der Waals surface area contributed by atoms with E-state index in [1.807, 2.05) is 0 Å². The first kappa shape index (κ1) is 9.12. The molecule has 0 radical (unpaired) electrons. The van der Waals surface area contributed by atoms with Gasteiger partial charge in [-0.25, -0.2) is 4.98 Å². The normalized spacial score (nSPS) is 14.9. The number of fused-ring (bicyclic) bond motifs is 1. The zero-order chi connectivity index (χ0) is 10.1. The lowest BCUT2D eigenvalue weighted by atomic mass is 9.97. The van der Waals surface area contributed by atoms with Crippen LogP contribution in [0.15, 0.2) is 4.79 Å². The van der Waals surface area contributed by atoms with Crippen LogP contribution < -0.4 is 5.56 Å². The topological polar surface area (TPSA) is 62.8 Å². The van der Waals surface area contributed by atoms with E-state index in [1.54, 1.807) is 0 Å². The van der Waals surface area contributed by atoms with Crippen molar-refractivity contribution >= 4 is 5.78 Å². The fraction of sp³-hybridized carbons (Fsp3) is 0.500. The summed E-state index contributed by atoms with van der Waals surface area (Å²) in [5, 5.41) is 0. The lowest BCUT2D eigenvalue weighted by molar-refractivity contribution is 0.100. The maximum absolute atomic E-state index is 11.5. The molecule has 4 nitrogen and oxygen atoms in total. The molecule has 1 aromatic rings. The summed E-state index contributed by atoms with van der Waals surface area (Å²) in [4.78, 5) is 29.3. The van der Waals surface area contributed by atoms with Crippen LogP contribution in [0.5, 0.6) is 0 Å². The van der Waals surface area contributed by atoms with Gasteiger partial charge in [-0.1, -0.05) is 0 Å². The van der Waals surface area contributed by atoms with Gasteiger partial charge in [0.1, 0.15) is 0 Å². The van der Waals surface area contributed by atoms with Gasteiger partial charge in [0.05, 0.1) is 5.69 Å². The average molecular weight is 192 g/mol. The van der Waals surface area contributed by atoms with E-state index in [0.29, 0.717) is 0 Å². The van der Waals surface area contributed by atoms with Crippen molar-refractivity contribution in [3.05, 3.63) is 27.4 Å². The molecule has 1 N–H and O–H groups in total. The fourth-order valence-electron chi connectivity index (χ4n) is 1.77. The molecule has 0 aromatic carbocycles. The van der Waals surface area contributed by atoms with Crippen LogP contribution in [0.4, 0.5) is 0 Å². The minimum atomic E-state index is -0.185. The first-order valence-corrected chi connectivity index (χ1v) is 4.81. The van der Waals surface area contributed by atoms with Gasteiger partial charge in [-0.2, -0.15) is 0 Å². The number of rotatable bonds is 1. The summed E-state index contributed by atoms with van der Waals surface area (Å²) in [6.45, 7) is 1.41. The molecule has 0 fully saturated rings. The van der Waals surface area contributed by atoms with Crippen LogP contribution in [-0.4, -0.2) is 15.8 Å². The maximum Gasteiger partial charge on any atom is 0.254 e. The molecule has 0 spiro atoms. The number of hydrogen-bond donors (Lipinski definition) is 1. The molecular formula is C10H12N2O2. The number of aromatic amines is 1. The van der Waals surface area contributed by atoms with E-state index in [-0.39, 0.29) is 17.2 Å². The molecule has 0 saturated heterocycles. The van der Waals surface area contributed by atoms with Crippen molar-refractivity contribution in [2.45, 2.75) is 32.6 Å². The second-order valence-corrected chi connectivity index (χ2v) is 3.60. The Morgan fingerprint density at radius 3 is 2.79 bits per heavy atom. The Kier molecular flexibility index (Phi) is 2.19. The van der Waals surface area contributed by atoms with Gasteiger partial charge in [0.25, 0.3) is 5.56 Å². The van der Waals surface area contributed by atoms with Crippen molar-refractivity contribution in [3.8, 4) is 0 Å². The number of aryl methyl sites for hydroxylation is 1. The summed E-state index contributed by atoms with van der Waals surface area (Å²) < 4.78 is 0. The smallest absolute Gasteiger partial charge is 0.254 e. The van der Waals surface area contributed by atoms with Crippen LogP contribution in [0.25, 0.3) is 0 Å². The highest BCUT2D eigenvalue weighted by atomic mass is 16.1. The predicted molar refractivity (Wildman–Crippen MR) is 51.5 cm³/mol. The number of carbonyl (C=O) groups excluding carboxylic acids is 1. The summed E-state index contributed by atoms with van der Waals surface area (Å²) in [7, 11) is 0. The standard InChI is InChI=1S/C10H12N2O2/c1-6(13)9-11-8-5-3-2-4-7(8)10(14)12-9/h2-5H2,1H3,(H,11,12,14). The highest BCUT2D eigenvalue weighted by molar-refractivity contribution is 5.90. The molecule has 74 valence electrons. The van der Waals surface area contributed by atoms with Crippen LogP contribution >= 0.6 is 0 Å². The number of hydrogen-bond acceptors (Lipinski definition) is 3. The van der Waals surface area contributed by atoms with E-state index in [9.17, 15) is 9.59 Å². The largest absolute Gasteiger partial charge is 0.304 e. The Morgan fingerprint density at radius 1 is 1.36 bits per heavy atom. The van der Waals surface area contributed by atoms with Crippen molar-refractivity contribution in [1.82, 2.24) is 9.97 Å². The predicted octanol–water partition coefficient (Wildman–Crippen LogP) is 0.851. The SMILES string of the molecule is CC(=O)c1nc2c(c(=O)[nH]1)CCCC2. The molecular weight excluding hydrogens is 180 g/mol. The van der Waals surface area contributed by atoms with Crippen molar-refractivity contribution in [2.75, 3.05) is 0 Å². The molecule has 2 rings (SSSR count).